The molecule has 0 aliphatic rings. The molecule has 2 aromatic heterocycles. The van der Waals surface area contributed by atoms with E-state index in [9.17, 15) is 14.7 Å². The van der Waals surface area contributed by atoms with Crippen LogP contribution in [0.2, 0.25) is 5.02 Å². The zero-order chi connectivity index (χ0) is 23.4. The van der Waals surface area contributed by atoms with Crippen molar-refractivity contribution in [2.24, 2.45) is 7.05 Å². The number of aromatic nitrogens is 3. The molecule has 0 radical (unpaired) electrons. The smallest absolute Gasteiger partial charge is 0.291 e. The van der Waals surface area contributed by atoms with Crippen molar-refractivity contribution < 1.29 is 14.6 Å². The fourth-order valence-corrected chi connectivity index (χ4v) is 4.18. The highest BCUT2D eigenvalue weighted by molar-refractivity contribution is 6.38. The van der Waals surface area contributed by atoms with Crippen LogP contribution in [-0.2, 0) is 18.3 Å². The van der Waals surface area contributed by atoms with Gasteiger partial charge < -0.3 is 19.3 Å². The molecular weight excluding hydrogens is 432 g/mol. The lowest BCUT2D eigenvalue weighted by Gasteiger charge is -2.20. The number of ether oxygens (including phenoxy) is 1. The first-order chi connectivity index (χ1) is 15.3. The number of hydrogen-bond acceptors (Lipinski definition) is 5. The summed E-state index contributed by atoms with van der Waals surface area (Å²) in [4.78, 5) is 28.4. The van der Waals surface area contributed by atoms with Gasteiger partial charge in [-0.15, -0.1) is 0 Å². The first-order valence-electron chi connectivity index (χ1n) is 11.1. The lowest BCUT2D eigenvalue weighted by atomic mass is 10.1. The fraction of sp³-hybridized carbons (Fsp3) is 0.522. The average molecular weight is 463 g/mol. The molecule has 0 spiro atoms. The number of halogens is 1. The number of amides is 1. The molecule has 1 atom stereocenters. The summed E-state index contributed by atoms with van der Waals surface area (Å²) in [5.41, 5.74) is 0.832. The van der Waals surface area contributed by atoms with Crippen molar-refractivity contribution >= 4 is 39.3 Å². The van der Waals surface area contributed by atoms with E-state index in [1.165, 1.54) is 4.68 Å². The maximum absolute atomic E-state index is 13.4. The number of aliphatic hydroxyl groups is 1. The predicted octanol–water partition coefficient (Wildman–Crippen LogP) is 3.20. The molecule has 1 aromatic carbocycles. The van der Waals surface area contributed by atoms with Crippen LogP contribution in [0.1, 0.15) is 44.1 Å². The molecule has 1 N–H and O–H groups in total. The number of carbonyl (C=O) groups is 1. The van der Waals surface area contributed by atoms with E-state index in [4.69, 9.17) is 16.3 Å². The van der Waals surface area contributed by atoms with Crippen LogP contribution < -0.4 is 5.56 Å². The minimum atomic E-state index is -0.927. The monoisotopic (exact) mass is 462 g/mol. The summed E-state index contributed by atoms with van der Waals surface area (Å²) in [5, 5.41) is 16.4. The van der Waals surface area contributed by atoms with Gasteiger partial charge in [0.05, 0.1) is 29.8 Å². The zero-order valence-corrected chi connectivity index (χ0v) is 19.9. The lowest BCUT2D eigenvalue weighted by molar-refractivity contribution is 0.0245. The number of aryl methyl sites for hydroxylation is 1. The van der Waals surface area contributed by atoms with Gasteiger partial charge in [0.1, 0.15) is 5.52 Å². The van der Waals surface area contributed by atoms with E-state index in [0.717, 1.165) is 18.4 Å². The molecule has 0 aliphatic carbocycles. The molecule has 1 unspecified atom stereocenters. The number of rotatable bonds is 10. The molecule has 0 saturated carbocycles. The number of hydrogen-bond donors (Lipinski definition) is 1. The minimum absolute atomic E-state index is 0.0747. The molecule has 3 rings (SSSR count). The van der Waals surface area contributed by atoms with E-state index >= 15 is 0 Å². The SMILES string of the molecule is CCCCOCC(O)Cn1nc(C(=O)N(CC)CC)c2c3c(Cl)cccc3n(C)c2c1=O. The van der Waals surface area contributed by atoms with Crippen molar-refractivity contribution in [2.45, 2.75) is 46.3 Å². The Balaban J connectivity index is 2.18. The number of fused-ring (bicyclic) bond motifs is 3. The number of benzene rings is 1. The van der Waals surface area contributed by atoms with Crippen LogP contribution >= 0.6 is 11.6 Å². The normalized spacial score (nSPS) is 12.6. The molecule has 0 fully saturated rings. The van der Waals surface area contributed by atoms with Crippen LogP contribution in [0, 0.1) is 0 Å². The molecule has 9 heteroatoms. The molecule has 0 aliphatic heterocycles. The molecule has 32 heavy (non-hydrogen) atoms. The summed E-state index contributed by atoms with van der Waals surface area (Å²) in [5.74, 6) is -0.283. The third kappa shape index (κ3) is 4.53. The summed E-state index contributed by atoms with van der Waals surface area (Å²) >= 11 is 6.50. The highest BCUT2D eigenvalue weighted by Crippen LogP contribution is 2.33. The summed E-state index contributed by atoms with van der Waals surface area (Å²) in [6, 6.07) is 5.39. The highest BCUT2D eigenvalue weighted by atomic mass is 35.5. The lowest BCUT2D eigenvalue weighted by Crippen LogP contribution is -2.36. The van der Waals surface area contributed by atoms with Gasteiger partial charge in [-0.2, -0.15) is 5.10 Å². The standard InChI is InChI=1S/C23H31ClN4O4/c1-5-8-12-32-14-15(29)13-28-23(31)21-19(20(25-28)22(30)27(6-2)7-3)18-16(24)10-9-11-17(18)26(21)4/h9-11,15,29H,5-8,12-14H2,1-4H3. The van der Waals surface area contributed by atoms with Gasteiger partial charge in [0, 0.05) is 37.5 Å². The fourth-order valence-electron chi connectivity index (χ4n) is 3.92. The third-order valence-electron chi connectivity index (χ3n) is 5.66. The second kappa shape index (κ2) is 10.5. The van der Waals surface area contributed by atoms with E-state index in [-0.39, 0.29) is 24.8 Å². The van der Waals surface area contributed by atoms with Crippen molar-refractivity contribution in [3.05, 3.63) is 39.3 Å². The van der Waals surface area contributed by atoms with Crippen LogP contribution in [0.5, 0.6) is 0 Å². The summed E-state index contributed by atoms with van der Waals surface area (Å²) < 4.78 is 8.39. The van der Waals surface area contributed by atoms with Crippen LogP contribution in [0.3, 0.4) is 0 Å². The third-order valence-corrected chi connectivity index (χ3v) is 5.97. The van der Waals surface area contributed by atoms with Gasteiger partial charge in [-0.25, -0.2) is 4.68 Å². The van der Waals surface area contributed by atoms with Crippen molar-refractivity contribution in [3.63, 3.8) is 0 Å². The summed E-state index contributed by atoms with van der Waals surface area (Å²) in [6.07, 6.45) is 0.966. The van der Waals surface area contributed by atoms with Crippen LogP contribution in [0.25, 0.3) is 21.8 Å². The van der Waals surface area contributed by atoms with E-state index in [1.807, 2.05) is 19.9 Å². The minimum Gasteiger partial charge on any atom is -0.389 e. The quantitative estimate of drug-likeness (QED) is 0.467. The maximum Gasteiger partial charge on any atom is 0.291 e. The van der Waals surface area contributed by atoms with Crippen molar-refractivity contribution in [1.29, 1.82) is 0 Å². The molecule has 174 valence electrons. The number of unbranched alkanes of at least 4 members (excludes halogenated alkanes) is 1. The molecule has 2 heterocycles. The number of carbonyl (C=O) groups excluding carboxylic acids is 1. The zero-order valence-electron chi connectivity index (χ0n) is 19.1. The average Bonchev–Trinajstić information content (AvgIpc) is 3.08. The predicted molar refractivity (Wildman–Crippen MR) is 126 cm³/mol. The maximum atomic E-state index is 13.4. The van der Waals surface area contributed by atoms with E-state index < -0.39 is 11.7 Å². The van der Waals surface area contributed by atoms with Gasteiger partial charge in [-0.05, 0) is 32.4 Å². The van der Waals surface area contributed by atoms with Gasteiger partial charge in [0.25, 0.3) is 11.5 Å². The Morgan fingerprint density at radius 1 is 1.25 bits per heavy atom. The topological polar surface area (TPSA) is 89.6 Å². The molecule has 0 bridgehead atoms. The molecule has 1 amide bonds. The highest BCUT2D eigenvalue weighted by Gasteiger charge is 2.26. The Morgan fingerprint density at radius 2 is 1.97 bits per heavy atom. The van der Waals surface area contributed by atoms with Crippen LogP contribution in [-0.4, -0.2) is 62.7 Å². The Morgan fingerprint density at radius 3 is 2.62 bits per heavy atom. The van der Waals surface area contributed by atoms with Gasteiger partial charge >= 0.3 is 0 Å². The van der Waals surface area contributed by atoms with Crippen LogP contribution in [0.15, 0.2) is 23.0 Å². The van der Waals surface area contributed by atoms with E-state index in [2.05, 4.69) is 12.0 Å². The van der Waals surface area contributed by atoms with Crippen molar-refractivity contribution in [1.82, 2.24) is 19.2 Å². The number of nitrogens with zero attached hydrogens (tertiary/aromatic N) is 4. The molecule has 8 nitrogen and oxygen atoms in total. The van der Waals surface area contributed by atoms with E-state index in [1.54, 1.807) is 28.6 Å². The van der Waals surface area contributed by atoms with E-state index in [0.29, 0.717) is 41.0 Å². The van der Waals surface area contributed by atoms with Crippen molar-refractivity contribution in [2.75, 3.05) is 26.3 Å². The van der Waals surface area contributed by atoms with Crippen molar-refractivity contribution in [3.8, 4) is 0 Å². The van der Waals surface area contributed by atoms with Gasteiger partial charge in [0.2, 0.25) is 0 Å². The second-order valence-electron chi connectivity index (χ2n) is 7.81. The van der Waals surface area contributed by atoms with Gasteiger partial charge in [-0.1, -0.05) is 31.0 Å². The largest absolute Gasteiger partial charge is 0.389 e. The molecule has 0 saturated heterocycles. The first-order valence-corrected chi connectivity index (χ1v) is 11.5. The Bertz CT molecular complexity index is 1170. The second-order valence-corrected chi connectivity index (χ2v) is 8.22. The molecule has 3 aromatic rings. The van der Waals surface area contributed by atoms with Gasteiger partial charge in [0.15, 0.2) is 5.69 Å². The van der Waals surface area contributed by atoms with Crippen LogP contribution in [0.4, 0.5) is 0 Å². The first kappa shape index (κ1) is 24.2. The summed E-state index contributed by atoms with van der Waals surface area (Å²) in [6.45, 7) is 7.41. The Hall–Kier alpha value is -2.42. The Labute approximate surface area is 192 Å². The summed E-state index contributed by atoms with van der Waals surface area (Å²) in [7, 11) is 1.77. The Kier molecular flexibility index (Phi) is 7.92. The number of aliphatic hydroxyl groups excluding tert-OH is 1. The van der Waals surface area contributed by atoms with Gasteiger partial charge in [-0.3, -0.25) is 9.59 Å². The molecular formula is C23H31ClN4O4.